The second-order valence-corrected chi connectivity index (χ2v) is 6.12. The van der Waals surface area contributed by atoms with E-state index in [0.29, 0.717) is 0 Å². The molecular weight excluding hydrogens is 220 g/mol. The summed E-state index contributed by atoms with van der Waals surface area (Å²) in [6.07, 6.45) is 0. The Hall–Kier alpha value is -1.70. The van der Waals surface area contributed by atoms with Crippen molar-refractivity contribution >= 4 is 22.1 Å². The van der Waals surface area contributed by atoms with Crippen molar-refractivity contribution in [3.63, 3.8) is 0 Å². The van der Waals surface area contributed by atoms with Crippen LogP contribution < -0.4 is 10.6 Å². The van der Waals surface area contributed by atoms with E-state index in [0.717, 1.165) is 5.69 Å². The lowest BCUT2D eigenvalue weighted by Gasteiger charge is -2.21. The highest BCUT2D eigenvalue weighted by atomic mass is 15.1. The van der Waals surface area contributed by atoms with Gasteiger partial charge in [-0.15, -0.1) is 0 Å². The number of anilines is 2. The Balaban J connectivity index is 2.72. The number of nitrogens with two attached hydrogens (primary N) is 1. The average Bonchev–Trinajstić information content (AvgIpc) is 2.25. The molecule has 0 fully saturated rings. The van der Waals surface area contributed by atoms with Crippen molar-refractivity contribution in [3.05, 3.63) is 35.9 Å². The van der Waals surface area contributed by atoms with Gasteiger partial charge in [0.05, 0.1) is 0 Å². The number of hydrogen-bond acceptors (Lipinski definition) is 2. The quantitative estimate of drug-likeness (QED) is 0.771. The molecule has 0 saturated heterocycles. The molecule has 0 spiro atoms. The Morgan fingerprint density at radius 1 is 1.00 bits per heavy atom. The molecule has 2 rings (SSSR count). The number of hydrogen-bond donors (Lipinski definition) is 1. The van der Waals surface area contributed by atoms with Crippen LogP contribution in [-0.4, -0.2) is 14.1 Å². The van der Waals surface area contributed by atoms with Crippen molar-refractivity contribution in [3.8, 4) is 0 Å². The molecule has 0 saturated carbocycles. The summed E-state index contributed by atoms with van der Waals surface area (Å²) in [6.45, 7) is 6.69. The fourth-order valence-electron chi connectivity index (χ4n) is 2.21. The van der Waals surface area contributed by atoms with Gasteiger partial charge in [-0.25, -0.2) is 0 Å². The molecule has 0 aliphatic heterocycles. The zero-order valence-corrected chi connectivity index (χ0v) is 11.9. The smallest absolute Gasteiger partial charge is 0.0461 e. The second kappa shape index (κ2) is 4.20. The van der Waals surface area contributed by atoms with Crippen molar-refractivity contribution in [1.82, 2.24) is 0 Å². The Morgan fingerprint density at radius 3 is 2.22 bits per heavy atom. The third-order valence-corrected chi connectivity index (χ3v) is 3.30. The first-order valence-electron chi connectivity index (χ1n) is 6.30. The number of benzene rings is 2. The first kappa shape index (κ1) is 12.7. The number of nitrogen functional groups attached to an aromatic ring is 1. The van der Waals surface area contributed by atoms with Crippen molar-refractivity contribution < 1.29 is 0 Å². The predicted molar refractivity (Wildman–Crippen MR) is 81.4 cm³/mol. The summed E-state index contributed by atoms with van der Waals surface area (Å²) in [5.74, 6) is 0. The summed E-state index contributed by atoms with van der Waals surface area (Å²) in [6, 6.07) is 10.7. The topological polar surface area (TPSA) is 29.3 Å². The molecule has 0 amide bonds. The molecule has 0 aromatic heterocycles. The highest BCUT2D eigenvalue weighted by Gasteiger charge is 2.14. The molecule has 0 bridgehead atoms. The van der Waals surface area contributed by atoms with E-state index in [4.69, 9.17) is 5.73 Å². The molecule has 18 heavy (non-hydrogen) atoms. The van der Waals surface area contributed by atoms with Gasteiger partial charge in [-0.1, -0.05) is 39.0 Å². The number of rotatable bonds is 1. The summed E-state index contributed by atoms with van der Waals surface area (Å²) < 4.78 is 0. The van der Waals surface area contributed by atoms with E-state index in [1.165, 1.54) is 22.0 Å². The fourth-order valence-corrected chi connectivity index (χ4v) is 2.21. The lowest BCUT2D eigenvalue weighted by Crippen LogP contribution is -2.12. The number of nitrogens with zero attached hydrogens (tertiary/aromatic N) is 1. The third-order valence-electron chi connectivity index (χ3n) is 3.30. The van der Waals surface area contributed by atoms with Gasteiger partial charge in [0.1, 0.15) is 0 Å². The van der Waals surface area contributed by atoms with E-state index >= 15 is 0 Å². The molecule has 0 aliphatic carbocycles. The first-order valence-corrected chi connectivity index (χ1v) is 6.30. The highest BCUT2D eigenvalue weighted by molar-refractivity contribution is 5.97. The van der Waals surface area contributed by atoms with E-state index in [1.807, 2.05) is 20.2 Å². The van der Waals surface area contributed by atoms with Crippen LogP contribution in [0.25, 0.3) is 10.8 Å². The van der Waals surface area contributed by atoms with Crippen LogP contribution in [0.4, 0.5) is 11.4 Å². The maximum atomic E-state index is 5.99. The van der Waals surface area contributed by atoms with E-state index < -0.39 is 0 Å². The van der Waals surface area contributed by atoms with Crippen LogP contribution in [0.1, 0.15) is 26.3 Å². The van der Waals surface area contributed by atoms with Crippen molar-refractivity contribution in [2.75, 3.05) is 24.7 Å². The average molecular weight is 242 g/mol. The Morgan fingerprint density at radius 2 is 1.67 bits per heavy atom. The van der Waals surface area contributed by atoms with Crippen LogP contribution in [0.3, 0.4) is 0 Å². The lowest BCUT2D eigenvalue weighted by molar-refractivity contribution is 0.591. The van der Waals surface area contributed by atoms with Crippen LogP contribution in [0.15, 0.2) is 30.3 Å². The van der Waals surface area contributed by atoms with Gasteiger partial charge >= 0.3 is 0 Å². The largest absolute Gasteiger partial charge is 0.399 e. The Kier molecular flexibility index (Phi) is 2.97. The zero-order valence-electron chi connectivity index (χ0n) is 11.9. The minimum atomic E-state index is 0.164. The maximum Gasteiger partial charge on any atom is 0.0461 e. The van der Waals surface area contributed by atoms with Crippen molar-refractivity contribution in [1.29, 1.82) is 0 Å². The molecular formula is C16H22N2. The summed E-state index contributed by atoms with van der Waals surface area (Å²) in [5.41, 5.74) is 9.49. The van der Waals surface area contributed by atoms with Crippen LogP contribution in [0.2, 0.25) is 0 Å². The van der Waals surface area contributed by atoms with E-state index in [1.54, 1.807) is 0 Å². The Labute approximate surface area is 109 Å². The van der Waals surface area contributed by atoms with Crippen LogP contribution in [0.5, 0.6) is 0 Å². The van der Waals surface area contributed by atoms with E-state index in [-0.39, 0.29) is 5.41 Å². The monoisotopic (exact) mass is 242 g/mol. The first-order chi connectivity index (χ1) is 8.29. The van der Waals surface area contributed by atoms with Crippen LogP contribution in [0, 0.1) is 0 Å². The molecule has 0 atom stereocenters. The third kappa shape index (κ3) is 2.28. The van der Waals surface area contributed by atoms with Crippen molar-refractivity contribution in [2.45, 2.75) is 26.2 Å². The summed E-state index contributed by atoms with van der Waals surface area (Å²) in [4.78, 5) is 2.11. The van der Waals surface area contributed by atoms with Gasteiger partial charge in [-0.2, -0.15) is 0 Å². The normalized spacial score (nSPS) is 11.8. The maximum absolute atomic E-state index is 5.99. The summed E-state index contributed by atoms with van der Waals surface area (Å²) in [7, 11) is 4.10. The molecule has 0 unspecified atom stereocenters. The van der Waals surface area contributed by atoms with Crippen molar-refractivity contribution in [2.24, 2.45) is 0 Å². The lowest BCUT2D eigenvalue weighted by atomic mass is 9.85. The van der Waals surface area contributed by atoms with Gasteiger partial charge in [0.2, 0.25) is 0 Å². The van der Waals surface area contributed by atoms with Gasteiger partial charge in [-0.3, -0.25) is 0 Å². The molecule has 2 aromatic carbocycles. The molecule has 2 aromatic rings. The van der Waals surface area contributed by atoms with Gasteiger partial charge in [0, 0.05) is 30.9 Å². The van der Waals surface area contributed by atoms with Gasteiger partial charge < -0.3 is 10.6 Å². The van der Waals surface area contributed by atoms with Crippen LogP contribution >= 0.6 is 0 Å². The highest BCUT2D eigenvalue weighted by Crippen LogP contribution is 2.32. The second-order valence-electron chi connectivity index (χ2n) is 6.12. The molecule has 0 radical (unpaired) electrons. The molecule has 96 valence electrons. The SMILES string of the molecule is CN(C)c1cc(N)cc2cc(C(C)(C)C)ccc12. The molecule has 2 heteroatoms. The standard InChI is InChI=1S/C16H22N2/c1-16(2,3)12-6-7-14-11(8-12)9-13(17)10-15(14)18(4)5/h6-10H,17H2,1-5H3. The van der Waals surface area contributed by atoms with Gasteiger partial charge in [0.25, 0.3) is 0 Å². The Bertz CT molecular complexity index is 577. The van der Waals surface area contributed by atoms with Crippen LogP contribution in [-0.2, 0) is 5.41 Å². The molecule has 2 N–H and O–H groups in total. The fraction of sp³-hybridized carbons (Fsp3) is 0.375. The van der Waals surface area contributed by atoms with Gasteiger partial charge in [0.15, 0.2) is 0 Å². The molecule has 0 heterocycles. The number of fused-ring (bicyclic) bond motifs is 1. The minimum absolute atomic E-state index is 0.164. The zero-order chi connectivity index (χ0) is 13.5. The van der Waals surface area contributed by atoms with Gasteiger partial charge in [-0.05, 0) is 28.5 Å². The summed E-state index contributed by atoms with van der Waals surface area (Å²) >= 11 is 0. The summed E-state index contributed by atoms with van der Waals surface area (Å²) in [5, 5.41) is 2.47. The predicted octanol–water partition coefficient (Wildman–Crippen LogP) is 3.79. The van der Waals surface area contributed by atoms with E-state index in [2.05, 4.69) is 49.9 Å². The van der Waals surface area contributed by atoms with E-state index in [9.17, 15) is 0 Å². The molecule has 0 aliphatic rings. The minimum Gasteiger partial charge on any atom is -0.399 e. The molecule has 2 nitrogen and oxygen atoms in total.